The van der Waals surface area contributed by atoms with Crippen molar-refractivity contribution in [2.75, 3.05) is 31.1 Å². The molecule has 8 heteroatoms. The molecule has 4 rings (SSSR count). The lowest BCUT2D eigenvalue weighted by Gasteiger charge is -2.36. The van der Waals surface area contributed by atoms with Crippen LogP contribution in [-0.2, 0) is 15.1 Å². The molecule has 2 saturated heterocycles. The van der Waals surface area contributed by atoms with Crippen molar-refractivity contribution >= 4 is 23.5 Å². The molecule has 0 aliphatic carbocycles. The number of benzene rings is 1. The molecule has 2 aromatic rings. The van der Waals surface area contributed by atoms with Gasteiger partial charge in [0.2, 0.25) is 5.91 Å². The van der Waals surface area contributed by atoms with E-state index in [1.807, 2.05) is 41.4 Å². The quantitative estimate of drug-likeness (QED) is 0.746. The van der Waals surface area contributed by atoms with E-state index in [2.05, 4.69) is 20.5 Å². The van der Waals surface area contributed by atoms with Crippen LogP contribution in [0.2, 0.25) is 0 Å². The number of carbonyl (C=O) groups is 3. The van der Waals surface area contributed by atoms with Gasteiger partial charge in [-0.1, -0.05) is 30.3 Å². The second-order valence-electron chi connectivity index (χ2n) is 7.26. The van der Waals surface area contributed by atoms with E-state index >= 15 is 0 Å². The summed E-state index contributed by atoms with van der Waals surface area (Å²) in [7, 11) is 0. The molecule has 8 nitrogen and oxygen atoms in total. The van der Waals surface area contributed by atoms with Gasteiger partial charge < -0.3 is 15.1 Å². The second-order valence-corrected chi connectivity index (χ2v) is 7.26. The summed E-state index contributed by atoms with van der Waals surface area (Å²) in [6.07, 6.45) is 3.96. The molecule has 1 atom stereocenters. The van der Waals surface area contributed by atoms with E-state index in [4.69, 9.17) is 0 Å². The Morgan fingerprint density at radius 3 is 2.41 bits per heavy atom. The van der Waals surface area contributed by atoms with Gasteiger partial charge in [-0.25, -0.2) is 4.79 Å². The number of nitrogens with zero attached hydrogens (tertiary/aromatic N) is 3. The SMILES string of the molecule is O=C1NC(=O)C(CCC(=O)N2CCN(c3cccnc3)CC2)(c2ccccc2)N1. The molecule has 29 heavy (non-hydrogen) atoms. The predicted octanol–water partition coefficient (Wildman–Crippen LogP) is 1.25. The van der Waals surface area contributed by atoms with Crippen LogP contribution in [0.3, 0.4) is 0 Å². The molecule has 1 unspecified atom stereocenters. The van der Waals surface area contributed by atoms with E-state index in [0.29, 0.717) is 18.7 Å². The Hall–Kier alpha value is -3.42. The van der Waals surface area contributed by atoms with Crippen molar-refractivity contribution in [3.05, 3.63) is 60.4 Å². The summed E-state index contributed by atoms with van der Waals surface area (Å²) < 4.78 is 0. The fourth-order valence-electron chi connectivity index (χ4n) is 3.95. The molecule has 2 aliphatic heterocycles. The van der Waals surface area contributed by atoms with Crippen molar-refractivity contribution in [2.45, 2.75) is 18.4 Å². The minimum atomic E-state index is -1.20. The van der Waals surface area contributed by atoms with E-state index < -0.39 is 17.5 Å². The van der Waals surface area contributed by atoms with Gasteiger partial charge in [0.25, 0.3) is 5.91 Å². The van der Waals surface area contributed by atoms with E-state index in [1.54, 1.807) is 18.3 Å². The molecular formula is C21H23N5O3. The van der Waals surface area contributed by atoms with Gasteiger partial charge in [-0.3, -0.25) is 19.9 Å². The van der Waals surface area contributed by atoms with Crippen molar-refractivity contribution in [2.24, 2.45) is 0 Å². The molecule has 0 radical (unpaired) electrons. The number of urea groups is 1. The van der Waals surface area contributed by atoms with Crippen LogP contribution in [-0.4, -0.2) is 53.9 Å². The van der Waals surface area contributed by atoms with E-state index in [1.165, 1.54) is 0 Å². The third-order valence-corrected chi connectivity index (χ3v) is 5.57. The highest BCUT2D eigenvalue weighted by Crippen LogP contribution is 2.30. The average molecular weight is 393 g/mol. The molecule has 2 N–H and O–H groups in total. The molecule has 0 saturated carbocycles. The number of rotatable bonds is 5. The van der Waals surface area contributed by atoms with Gasteiger partial charge in [0, 0.05) is 38.8 Å². The maximum absolute atomic E-state index is 12.8. The fraction of sp³-hybridized carbons (Fsp3) is 0.333. The third-order valence-electron chi connectivity index (χ3n) is 5.57. The van der Waals surface area contributed by atoms with Crippen molar-refractivity contribution in [1.29, 1.82) is 0 Å². The molecule has 0 spiro atoms. The maximum Gasteiger partial charge on any atom is 0.322 e. The van der Waals surface area contributed by atoms with Crippen LogP contribution in [0, 0.1) is 0 Å². The van der Waals surface area contributed by atoms with Crippen molar-refractivity contribution in [1.82, 2.24) is 20.5 Å². The summed E-state index contributed by atoms with van der Waals surface area (Å²) in [5, 5.41) is 5.04. The number of aromatic nitrogens is 1. The number of nitrogens with one attached hydrogen (secondary N) is 2. The number of pyridine rings is 1. The lowest BCUT2D eigenvalue weighted by molar-refractivity contribution is -0.132. The van der Waals surface area contributed by atoms with Crippen molar-refractivity contribution in [3.63, 3.8) is 0 Å². The molecule has 1 aromatic heterocycles. The van der Waals surface area contributed by atoms with E-state index in [9.17, 15) is 14.4 Å². The van der Waals surface area contributed by atoms with Gasteiger partial charge in [0.15, 0.2) is 0 Å². The maximum atomic E-state index is 12.8. The van der Waals surface area contributed by atoms with Gasteiger partial charge >= 0.3 is 6.03 Å². The molecule has 150 valence electrons. The van der Waals surface area contributed by atoms with E-state index in [-0.39, 0.29) is 18.7 Å². The van der Waals surface area contributed by atoms with Gasteiger partial charge in [-0.15, -0.1) is 0 Å². The first-order valence-electron chi connectivity index (χ1n) is 9.70. The Kier molecular flexibility index (Phi) is 5.16. The standard InChI is InChI=1S/C21H23N5O3/c27-18(26-13-11-25(12-14-26)17-7-4-10-22-15-17)8-9-21(16-5-2-1-3-6-16)19(28)23-20(29)24-21/h1-7,10,15H,8-9,11-14H2,(H2,23,24,28,29). The van der Waals surface area contributed by atoms with E-state index in [0.717, 1.165) is 18.8 Å². The molecule has 4 amide bonds. The summed E-state index contributed by atoms with van der Waals surface area (Å²) >= 11 is 0. The normalized spacial score (nSPS) is 21.7. The summed E-state index contributed by atoms with van der Waals surface area (Å²) in [6, 6.07) is 12.4. The largest absolute Gasteiger partial charge is 0.367 e. The zero-order chi connectivity index (χ0) is 20.3. The molecule has 3 heterocycles. The average Bonchev–Trinajstić information content (AvgIpc) is 3.07. The van der Waals surface area contributed by atoms with Gasteiger partial charge in [0.05, 0.1) is 11.9 Å². The molecule has 1 aromatic carbocycles. The van der Waals surface area contributed by atoms with Gasteiger partial charge in [-0.2, -0.15) is 0 Å². The number of amides is 4. The topological polar surface area (TPSA) is 94.6 Å². The van der Waals surface area contributed by atoms with Gasteiger partial charge in [0.1, 0.15) is 5.54 Å². The van der Waals surface area contributed by atoms with Crippen LogP contribution in [0.4, 0.5) is 10.5 Å². The Bertz CT molecular complexity index is 897. The highest BCUT2D eigenvalue weighted by atomic mass is 16.2. The lowest BCUT2D eigenvalue weighted by Crippen LogP contribution is -2.50. The Morgan fingerprint density at radius 1 is 1.03 bits per heavy atom. The van der Waals surface area contributed by atoms with Crippen LogP contribution in [0.25, 0.3) is 0 Å². The first kappa shape index (κ1) is 18.9. The third kappa shape index (κ3) is 3.78. The zero-order valence-electron chi connectivity index (χ0n) is 16.0. The highest BCUT2D eigenvalue weighted by molar-refractivity contribution is 6.07. The first-order valence-corrected chi connectivity index (χ1v) is 9.70. The highest BCUT2D eigenvalue weighted by Gasteiger charge is 2.47. The van der Waals surface area contributed by atoms with Crippen LogP contribution < -0.4 is 15.5 Å². The predicted molar refractivity (Wildman–Crippen MR) is 107 cm³/mol. The van der Waals surface area contributed by atoms with Crippen LogP contribution in [0.15, 0.2) is 54.9 Å². The minimum Gasteiger partial charge on any atom is -0.367 e. The van der Waals surface area contributed by atoms with Crippen molar-refractivity contribution in [3.8, 4) is 0 Å². The minimum absolute atomic E-state index is 0.0138. The number of anilines is 1. The Morgan fingerprint density at radius 2 is 1.79 bits per heavy atom. The van der Waals surface area contributed by atoms with Crippen LogP contribution in [0.1, 0.15) is 18.4 Å². The van der Waals surface area contributed by atoms with Crippen LogP contribution >= 0.6 is 0 Å². The summed E-state index contributed by atoms with van der Waals surface area (Å²) in [4.78, 5) is 45.3. The molecule has 2 aliphatic rings. The van der Waals surface area contributed by atoms with Crippen LogP contribution in [0.5, 0.6) is 0 Å². The number of imide groups is 1. The monoisotopic (exact) mass is 393 g/mol. The number of hydrogen-bond donors (Lipinski definition) is 2. The lowest BCUT2D eigenvalue weighted by atomic mass is 9.85. The molecule has 0 bridgehead atoms. The fourth-order valence-corrected chi connectivity index (χ4v) is 3.95. The Balaban J connectivity index is 1.39. The second kappa shape index (κ2) is 7.90. The molecule has 2 fully saturated rings. The number of piperazine rings is 1. The summed E-state index contributed by atoms with van der Waals surface area (Å²) in [5.41, 5.74) is 0.524. The van der Waals surface area contributed by atoms with Crippen molar-refractivity contribution < 1.29 is 14.4 Å². The smallest absolute Gasteiger partial charge is 0.322 e. The zero-order valence-corrected chi connectivity index (χ0v) is 16.0. The number of carbonyl (C=O) groups excluding carboxylic acids is 3. The number of hydrogen-bond acceptors (Lipinski definition) is 5. The molecular weight excluding hydrogens is 370 g/mol. The van der Waals surface area contributed by atoms with Gasteiger partial charge in [-0.05, 0) is 24.1 Å². The summed E-state index contributed by atoms with van der Waals surface area (Å²) in [5.74, 6) is -0.428. The first-order chi connectivity index (χ1) is 14.1. The Labute approximate surface area is 168 Å². The summed E-state index contributed by atoms with van der Waals surface area (Å²) in [6.45, 7) is 2.70.